The van der Waals surface area contributed by atoms with E-state index in [4.69, 9.17) is 4.74 Å². The average molecular weight is 275 g/mol. The van der Waals surface area contributed by atoms with Gasteiger partial charge in [-0.1, -0.05) is 0 Å². The number of Topliss-reactive ketones (excluding diaryl/α,β-unsaturated/α-hetero) is 1. The van der Waals surface area contributed by atoms with Gasteiger partial charge >= 0.3 is 5.69 Å². The van der Waals surface area contributed by atoms with Crippen molar-refractivity contribution in [3.8, 4) is 5.75 Å². The molecule has 1 aromatic heterocycles. The molecule has 0 radical (unpaired) electrons. The summed E-state index contributed by atoms with van der Waals surface area (Å²) >= 11 is 0. The number of ether oxygens (including phenoxy) is 1. The number of nitro groups is 1. The van der Waals surface area contributed by atoms with Crippen LogP contribution in [0.15, 0.2) is 30.6 Å². The fourth-order valence-corrected chi connectivity index (χ4v) is 1.83. The Bertz CT molecular complexity index is 663. The second-order valence-electron chi connectivity index (χ2n) is 4.24. The molecular weight excluding hydrogens is 262 g/mol. The molecule has 0 fully saturated rings. The molecule has 2 aromatic rings. The Balaban J connectivity index is 2.32. The Morgan fingerprint density at radius 2 is 2.25 bits per heavy atom. The van der Waals surface area contributed by atoms with E-state index in [0.717, 1.165) is 5.56 Å². The molecule has 0 aliphatic carbocycles. The lowest BCUT2D eigenvalue weighted by Gasteiger charge is -2.09. The number of benzene rings is 1. The molecule has 0 unspecified atom stereocenters. The zero-order valence-corrected chi connectivity index (χ0v) is 11.1. The lowest BCUT2D eigenvalue weighted by molar-refractivity contribution is -0.385. The van der Waals surface area contributed by atoms with Crippen LogP contribution in [-0.4, -0.2) is 27.6 Å². The molecule has 0 aliphatic rings. The molecule has 0 saturated heterocycles. The van der Waals surface area contributed by atoms with E-state index >= 15 is 0 Å². The fraction of sp³-hybridized carbons (Fsp3) is 0.231. The van der Waals surface area contributed by atoms with Gasteiger partial charge in [0.15, 0.2) is 5.78 Å². The van der Waals surface area contributed by atoms with Gasteiger partial charge in [-0.25, -0.2) is 0 Å². The Hall–Kier alpha value is -2.70. The number of rotatable bonds is 5. The number of nitrogens with zero attached hydrogens (tertiary/aromatic N) is 3. The number of hydrogen-bond donors (Lipinski definition) is 0. The summed E-state index contributed by atoms with van der Waals surface area (Å²) in [5, 5.41) is 14.5. The van der Waals surface area contributed by atoms with Gasteiger partial charge in [-0.2, -0.15) is 5.10 Å². The number of carbonyl (C=O) groups excluding carboxylic acids is 1. The molecule has 2 rings (SSSR count). The van der Waals surface area contributed by atoms with Crippen molar-refractivity contribution >= 4 is 11.5 Å². The standard InChI is InChI=1S/C13H13N3O4/c1-9(17)10-3-4-13(20-2)11(5-10)7-15-8-12(6-14-15)16(18)19/h3-6,8H,7H2,1-2H3. The van der Waals surface area contributed by atoms with Crippen molar-refractivity contribution in [1.29, 1.82) is 0 Å². The third-order valence-corrected chi connectivity index (χ3v) is 2.85. The molecule has 7 heteroatoms. The highest BCUT2D eigenvalue weighted by molar-refractivity contribution is 5.94. The number of ketones is 1. The number of hydrogen-bond acceptors (Lipinski definition) is 5. The first-order valence-corrected chi connectivity index (χ1v) is 5.86. The third-order valence-electron chi connectivity index (χ3n) is 2.85. The molecule has 0 saturated carbocycles. The van der Waals surface area contributed by atoms with Crippen molar-refractivity contribution in [2.24, 2.45) is 0 Å². The lowest BCUT2D eigenvalue weighted by Crippen LogP contribution is -2.04. The molecule has 0 aliphatic heterocycles. The summed E-state index contributed by atoms with van der Waals surface area (Å²) in [7, 11) is 1.53. The summed E-state index contributed by atoms with van der Waals surface area (Å²) < 4.78 is 6.65. The zero-order valence-electron chi connectivity index (χ0n) is 11.1. The lowest BCUT2D eigenvalue weighted by atomic mass is 10.1. The van der Waals surface area contributed by atoms with Crippen molar-refractivity contribution in [3.63, 3.8) is 0 Å². The van der Waals surface area contributed by atoms with E-state index in [-0.39, 0.29) is 18.0 Å². The molecule has 0 N–H and O–H groups in total. The molecule has 1 heterocycles. The fourth-order valence-electron chi connectivity index (χ4n) is 1.83. The van der Waals surface area contributed by atoms with Crippen LogP contribution in [0.1, 0.15) is 22.8 Å². The summed E-state index contributed by atoms with van der Waals surface area (Å²) in [5.74, 6) is 0.550. The van der Waals surface area contributed by atoms with Gasteiger partial charge in [0.25, 0.3) is 0 Å². The van der Waals surface area contributed by atoms with E-state index in [1.165, 1.54) is 31.1 Å². The molecule has 0 bridgehead atoms. The van der Waals surface area contributed by atoms with Crippen molar-refractivity contribution < 1.29 is 14.5 Å². The molecule has 1 aromatic carbocycles. The molecule has 0 spiro atoms. The van der Waals surface area contributed by atoms with Crippen LogP contribution < -0.4 is 4.74 Å². The first-order valence-electron chi connectivity index (χ1n) is 5.86. The van der Waals surface area contributed by atoms with Crippen molar-refractivity contribution in [2.45, 2.75) is 13.5 Å². The molecular formula is C13H13N3O4. The van der Waals surface area contributed by atoms with Crippen molar-refractivity contribution in [1.82, 2.24) is 9.78 Å². The SMILES string of the molecule is COc1ccc(C(C)=O)cc1Cn1cc([N+](=O)[O-])cn1. The Morgan fingerprint density at radius 1 is 1.50 bits per heavy atom. The summed E-state index contributed by atoms with van der Waals surface area (Å²) in [4.78, 5) is 21.5. The highest BCUT2D eigenvalue weighted by atomic mass is 16.6. The number of methoxy groups -OCH3 is 1. The zero-order chi connectivity index (χ0) is 14.7. The molecule has 7 nitrogen and oxygen atoms in total. The first kappa shape index (κ1) is 13.7. The maximum atomic E-state index is 11.4. The van der Waals surface area contributed by atoms with Gasteiger partial charge in [0, 0.05) is 11.1 Å². The van der Waals surface area contributed by atoms with E-state index < -0.39 is 4.92 Å². The summed E-state index contributed by atoms with van der Waals surface area (Å²) in [6.45, 7) is 1.77. The van der Waals surface area contributed by atoms with E-state index in [2.05, 4.69) is 5.10 Å². The molecule has 0 amide bonds. The Morgan fingerprint density at radius 3 is 2.80 bits per heavy atom. The van der Waals surface area contributed by atoms with Crippen LogP contribution in [-0.2, 0) is 6.54 Å². The van der Waals surface area contributed by atoms with Gasteiger partial charge in [-0.15, -0.1) is 0 Å². The third kappa shape index (κ3) is 2.82. The van der Waals surface area contributed by atoms with Crippen LogP contribution in [0.4, 0.5) is 5.69 Å². The maximum absolute atomic E-state index is 11.4. The predicted octanol–water partition coefficient (Wildman–Crippen LogP) is 2.05. The summed E-state index contributed by atoms with van der Waals surface area (Å²) in [5.41, 5.74) is 1.22. The maximum Gasteiger partial charge on any atom is 0.307 e. The predicted molar refractivity (Wildman–Crippen MR) is 71.0 cm³/mol. The van der Waals surface area contributed by atoms with Crippen LogP contribution >= 0.6 is 0 Å². The summed E-state index contributed by atoms with van der Waals surface area (Å²) in [6.07, 6.45) is 2.52. The van der Waals surface area contributed by atoms with E-state index in [1.54, 1.807) is 18.2 Å². The van der Waals surface area contributed by atoms with Crippen LogP contribution in [0, 0.1) is 10.1 Å². The van der Waals surface area contributed by atoms with Crippen LogP contribution in [0.5, 0.6) is 5.75 Å². The van der Waals surface area contributed by atoms with E-state index in [1.807, 2.05) is 0 Å². The van der Waals surface area contributed by atoms with Crippen LogP contribution in [0.25, 0.3) is 0 Å². The minimum atomic E-state index is -0.507. The smallest absolute Gasteiger partial charge is 0.307 e. The van der Waals surface area contributed by atoms with Gasteiger partial charge in [0.05, 0.1) is 18.6 Å². The van der Waals surface area contributed by atoms with Gasteiger partial charge in [0.1, 0.15) is 18.1 Å². The van der Waals surface area contributed by atoms with E-state index in [9.17, 15) is 14.9 Å². The molecule has 20 heavy (non-hydrogen) atoms. The normalized spacial score (nSPS) is 10.3. The minimum Gasteiger partial charge on any atom is -0.496 e. The second kappa shape index (κ2) is 5.52. The topological polar surface area (TPSA) is 87.3 Å². The van der Waals surface area contributed by atoms with Crippen molar-refractivity contribution in [2.75, 3.05) is 7.11 Å². The quantitative estimate of drug-likeness (QED) is 0.473. The van der Waals surface area contributed by atoms with Gasteiger partial charge in [-0.3, -0.25) is 19.6 Å². The highest BCUT2D eigenvalue weighted by Gasteiger charge is 2.12. The first-order chi connectivity index (χ1) is 9.51. The molecule has 0 atom stereocenters. The second-order valence-corrected chi connectivity index (χ2v) is 4.24. The number of carbonyl (C=O) groups is 1. The van der Waals surface area contributed by atoms with Gasteiger partial charge < -0.3 is 4.74 Å². The van der Waals surface area contributed by atoms with Crippen LogP contribution in [0.2, 0.25) is 0 Å². The molecule has 104 valence electrons. The average Bonchev–Trinajstić information content (AvgIpc) is 2.87. The minimum absolute atomic E-state index is 0.0552. The highest BCUT2D eigenvalue weighted by Crippen LogP contribution is 2.22. The Kier molecular flexibility index (Phi) is 3.79. The van der Waals surface area contributed by atoms with Gasteiger partial charge in [0.2, 0.25) is 0 Å². The van der Waals surface area contributed by atoms with Crippen molar-refractivity contribution in [3.05, 3.63) is 51.8 Å². The summed E-state index contributed by atoms with van der Waals surface area (Å²) in [6, 6.07) is 5.08. The Labute approximate surface area is 114 Å². The van der Waals surface area contributed by atoms with E-state index in [0.29, 0.717) is 11.3 Å². The number of aromatic nitrogens is 2. The monoisotopic (exact) mass is 275 g/mol. The van der Waals surface area contributed by atoms with Crippen LogP contribution in [0.3, 0.4) is 0 Å². The largest absolute Gasteiger partial charge is 0.496 e. The van der Waals surface area contributed by atoms with Gasteiger partial charge in [-0.05, 0) is 25.1 Å².